The third-order valence-corrected chi connectivity index (χ3v) is 5.53. The Bertz CT molecular complexity index is 1190. The molecule has 1 fully saturated rings. The van der Waals surface area contributed by atoms with Crippen LogP contribution in [0.25, 0.3) is 10.9 Å². The number of nitrogens with two attached hydrogens (primary N) is 1. The van der Waals surface area contributed by atoms with Gasteiger partial charge in [0.2, 0.25) is 5.88 Å². The number of pyridine rings is 1. The summed E-state index contributed by atoms with van der Waals surface area (Å²) in [6, 6.07) is 12.0. The minimum absolute atomic E-state index is 0.494. The molecule has 3 heterocycles. The van der Waals surface area contributed by atoms with Crippen molar-refractivity contribution in [1.82, 2.24) is 24.7 Å². The molecule has 9 heteroatoms. The Hall–Kier alpha value is -3.72. The van der Waals surface area contributed by atoms with Gasteiger partial charge in [-0.3, -0.25) is 4.68 Å². The lowest BCUT2D eigenvalue weighted by Gasteiger charge is -2.22. The predicted octanol–water partition coefficient (Wildman–Crippen LogP) is 2.79. The molecule has 1 aliphatic rings. The van der Waals surface area contributed by atoms with Crippen LogP contribution < -0.4 is 20.1 Å². The molecule has 32 heavy (non-hydrogen) atoms. The summed E-state index contributed by atoms with van der Waals surface area (Å²) >= 11 is 0. The van der Waals surface area contributed by atoms with Crippen molar-refractivity contribution >= 4 is 22.5 Å². The van der Waals surface area contributed by atoms with E-state index in [0.717, 1.165) is 29.2 Å². The zero-order valence-corrected chi connectivity index (χ0v) is 17.9. The molecule has 3 aromatic heterocycles. The van der Waals surface area contributed by atoms with E-state index in [1.807, 2.05) is 49.6 Å². The standard InChI is InChI=1S/C23H25N7O2/c1-30-11-9-21(29-30)28-23-19-13-17(5-7-20(19)26-15-27-23)32-22-8-6-18(14-25-22)31-12-10-24-16-3-2-4-16/h5-9,11,13-16,24H,2-4,10,12H2,1H3,(H,26,27,28,29)/p+1. The van der Waals surface area contributed by atoms with Gasteiger partial charge in [0.25, 0.3) is 0 Å². The van der Waals surface area contributed by atoms with Gasteiger partial charge in [0.05, 0.1) is 17.8 Å². The summed E-state index contributed by atoms with van der Waals surface area (Å²) in [6.07, 6.45) is 9.10. The largest absolute Gasteiger partial charge is 0.486 e. The first-order valence-corrected chi connectivity index (χ1v) is 10.8. The molecular formula is C23H26N7O2+. The molecule has 164 valence electrons. The van der Waals surface area contributed by atoms with Crippen molar-refractivity contribution in [2.45, 2.75) is 25.3 Å². The summed E-state index contributed by atoms with van der Waals surface area (Å²) in [5, 5.41) is 10.8. The van der Waals surface area contributed by atoms with Gasteiger partial charge < -0.3 is 20.1 Å². The molecule has 0 bridgehead atoms. The van der Waals surface area contributed by atoms with Crippen molar-refractivity contribution in [2.75, 3.05) is 18.5 Å². The van der Waals surface area contributed by atoms with E-state index in [0.29, 0.717) is 29.9 Å². The molecule has 1 aromatic carbocycles. The highest BCUT2D eigenvalue weighted by molar-refractivity contribution is 5.91. The second-order valence-corrected chi connectivity index (χ2v) is 7.90. The first-order chi connectivity index (χ1) is 15.7. The topological polar surface area (TPSA) is 104 Å². The summed E-state index contributed by atoms with van der Waals surface area (Å²) in [5.41, 5.74) is 0.807. The van der Waals surface area contributed by atoms with Crippen LogP contribution in [-0.4, -0.2) is 43.9 Å². The van der Waals surface area contributed by atoms with E-state index >= 15 is 0 Å². The molecule has 0 saturated heterocycles. The van der Waals surface area contributed by atoms with Crippen LogP contribution in [0.5, 0.6) is 17.4 Å². The van der Waals surface area contributed by atoms with E-state index in [2.05, 4.69) is 30.7 Å². The fraction of sp³-hybridized carbons (Fsp3) is 0.304. The number of aromatic nitrogens is 5. The summed E-state index contributed by atoms with van der Waals surface area (Å²) in [6.45, 7) is 1.64. The van der Waals surface area contributed by atoms with Crippen LogP contribution >= 0.6 is 0 Å². The summed E-state index contributed by atoms with van der Waals surface area (Å²) < 4.78 is 13.5. The van der Waals surface area contributed by atoms with Gasteiger partial charge in [-0.1, -0.05) is 0 Å². The lowest BCUT2D eigenvalue weighted by atomic mass is 9.93. The summed E-state index contributed by atoms with van der Waals surface area (Å²) in [7, 11) is 1.87. The minimum Gasteiger partial charge on any atom is -0.486 e. The number of aryl methyl sites for hydroxylation is 1. The van der Waals surface area contributed by atoms with Crippen LogP contribution in [0.2, 0.25) is 0 Å². The third-order valence-electron chi connectivity index (χ3n) is 5.53. The first kappa shape index (κ1) is 20.2. The predicted molar refractivity (Wildman–Crippen MR) is 120 cm³/mol. The number of anilines is 2. The molecule has 4 aromatic rings. The second kappa shape index (κ2) is 9.19. The molecule has 0 spiro atoms. The van der Waals surface area contributed by atoms with E-state index in [1.54, 1.807) is 10.9 Å². The second-order valence-electron chi connectivity index (χ2n) is 7.90. The van der Waals surface area contributed by atoms with Gasteiger partial charge in [-0.15, -0.1) is 0 Å². The molecule has 1 aliphatic carbocycles. The lowest BCUT2D eigenvalue weighted by Crippen LogP contribution is -2.92. The first-order valence-electron chi connectivity index (χ1n) is 10.8. The van der Waals surface area contributed by atoms with Gasteiger partial charge >= 0.3 is 0 Å². The highest BCUT2D eigenvalue weighted by Crippen LogP contribution is 2.29. The quantitative estimate of drug-likeness (QED) is 0.392. The molecular weight excluding hydrogens is 406 g/mol. The summed E-state index contributed by atoms with van der Waals surface area (Å²) in [4.78, 5) is 13.1. The number of quaternary nitrogens is 1. The third kappa shape index (κ3) is 4.78. The fourth-order valence-corrected chi connectivity index (χ4v) is 3.59. The normalized spacial score (nSPS) is 13.7. The van der Waals surface area contributed by atoms with Crippen molar-refractivity contribution in [3.05, 3.63) is 55.1 Å². The fourth-order valence-electron chi connectivity index (χ4n) is 3.59. The molecule has 0 radical (unpaired) electrons. The van der Waals surface area contributed by atoms with Crippen LogP contribution in [-0.2, 0) is 7.05 Å². The average Bonchev–Trinajstić information content (AvgIpc) is 3.18. The number of hydrogen-bond acceptors (Lipinski definition) is 7. The number of rotatable bonds is 9. The number of nitrogens with zero attached hydrogens (tertiary/aromatic N) is 5. The minimum atomic E-state index is 0.494. The van der Waals surface area contributed by atoms with Crippen LogP contribution in [0.15, 0.2) is 55.1 Å². The van der Waals surface area contributed by atoms with Gasteiger partial charge in [-0.25, -0.2) is 15.0 Å². The van der Waals surface area contributed by atoms with Crippen LogP contribution in [0.3, 0.4) is 0 Å². The molecule has 0 aliphatic heterocycles. The van der Waals surface area contributed by atoms with Crippen molar-refractivity contribution < 1.29 is 14.8 Å². The lowest BCUT2D eigenvalue weighted by molar-refractivity contribution is -0.699. The van der Waals surface area contributed by atoms with Gasteiger partial charge in [0.15, 0.2) is 5.82 Å². The maximum Gasteiger partial charge on any atom is 0.219 e. The Morgan fingerprint density at radius 2 is 2.00 bits per heavy atom. The van der Waals surface area contributed by atoms with E-state index in [9.17, 15) is 0 Å². The van der Waals surface area contributed by atoms with E-state index in [-0.39, 0.29) is 0 Å². The van der Waals surface area contributed by atoms with Crippen molar-refractivity contribution in [3.8, 4) is 17.4 Å². The van der Waals surface area contributed by atoms with Gasteiger partial charge in [-0.2, -0.15) is 5.10 Å². The highest BCUT2D eigenvalue weighted by atomic mass is 16.5. The number of fused-ring (bicyclic) bond motifs is 1. The Balaban J connectivity index is 1.23. The van der Waals surface area contributed by atoms with E-state index in [4.69, 9.17) is 9.47 Å². The zero-order valence-electron chi connectivity index (χ0n) is 17.9. The van der Waals surface area contributed by atoms with Crippen LogP contribution in [0, 0.1) is 0 Å². The van der Waals surface area contributed by atoms with Gasteiger partial charge in [0.1, 0.15) is 36.8 Å². The Labute approximate surface area is 185 Å². The SMILES string of the molecule is Cn1ccc(Nc2ncnc3ccc(Oc4ccc(OCC[NH2+]C5CCC5)cn4)cc23)n1. The maximum absolute atomic E-state index is 5.95. The van der Waals surface area contributed by atoms with E-state index < -0.39 is 0 Å². The molecule has 0 atom stereocenters. The zero-order chi connectivity index (χ0) is 21.8. The number of ether oxygens (including phenoxy) is 2. The maximum atomic E-state index is 5.95. The van der Waals surface area contributed by atoms with Crippen molar-refractivity contribution in [1.29, 1.82) is 0 Å². The number of nitrogens with one attached hydrogen (secondary N) is 1. The van der Waals surface area contributed by atoms with Gasteiger partial charge in [-0.05, 0) is 43.5 Å². The smallest absolute Gasteiger partial charge is 0.219 e. The Morgan fingerprint density at radius 1 is 1.09 bits per heavy atom. The highest BCUT2D eigenvalue weighted by Gasteiger charge is 2.19. The molecule has 0 unspecified atom stereocenters. The van der Waals surface area contributed by atoms with Crippen molar-refractivity contribution in [3.63, 3.8) is 0 Å². The molecule has 5 rings (SSSR count). The number of benzene rings is 1. The number of hydrogen-bond donors (Lipinski definition) is 2. The monoisotopic (exact) mass is 432 g/mol. The average molecular weight is 433 g/mol. The Kier molecular flexibility index (Phi) is 5.80. The molecule has 9 nitrogen and oxygen atoms in total. The molecule has 0 amide bonds. The van der Waals surface area contributed by atoms with Crippen LogP contribution in [0.1, 0.15) is 19.3 Å². The molecule has 3 N–H and O–H groups in total. The molecule has 1 saturated carbocycles. The van der Waals surface area contributed by atoms with Crippen LogP contribution in [0.4, 0.5) is 11.6 Å². The Morgan fingerprint density at radius 3 is 2.75 bits per heavy atom. The van der Waals surface area contributed by atoms with Crippen molar-refractivity contribution in [2.24, 2.45) is 7.05 Å². The van der Waals surface area contributed by atoms with E-state index in [1.165, 1.54) is 25.6 Å². The van der Waals surface area contributed by atoms with Gasteiger partial charge in [0, 0.05) is 30.8 Å². The summed E-state index contributed by atoms with van der Waals surface area (Å²) in [5.74, 6) is 3.26.